The van der Waals surface area contributed by atoms with Crippen LogP contribution in [0.4, 0.5) is 8.78 Å². The zero-order valence-corrected chi connectivity index (χ0v) is 9.40. The fraction of sp³-hybridized carbons (Fsp3) is 0.200. The second-order valence-corrected chi connectivity index (χ2v) is 4.08. The van der Waals surface area contributed by atoms with Crippen LogP contribution in [0.3, 0.4) is 0 Å². The third-order valence-corrected chi connectivity index (χ3v) is 2.61. The van der Waals surface area contributed by atoms with Crippen molar-refractivity contribution in [2.24, 2.45) is 0 Å². The molecular weight excluding hydrogens is 270 g/mol. The molecule has 1 aliphatic heterocycles. The second kappa shape index (κ2) is 3.20. The van der Waals surface area contributed by atoms with Crippen molar-refractivity contribution in [3.05, 3.63) is 28.7 Å². The molecule has 1 aromatic carbocycles. The number of alkyl halides is 2. The van der Waals surface area contributed by atoms with E-state index in [0.717, 1.165) is 11.1 Å². The predicted octanol–water partition coefficient (Wildman–Crippen LogP) is 3.80. The highest BCUT2D eigenvalue weighted by molar-refractivity contribution is 9.10. The fourth-order valence-corrected chi connectivity index (χ4v) is 1.96. The SMILES string of the molecule is C=C(C)c1cc2c(cc1Br)OC(F)(F)O2. The van der Waals surface area contributed by atoms with Crippen molar-refractivity contribution in [3.63, 3.8) is 0 Å². The van der Waals surface area contributed by atoms with E-state index < -0.39 is 6.29 Å². The molecule has 0 N–H and O–H groups in total. The number of benzene rings is 1. The lowest BCUT2D eigenvalue weighted by Gasteiger charge is -2.04. The number of hydrogen-bond donors (Lipinski definition) is 0. The molecule has 1 aliphatic rings. The highest BCUT2D eigenvalue weighted by Gasteiger charge is 2.43. The van der Waals surface area contributed by atoms with Crippen molar-refractivity contribution in [1.82, 2.24) is 0 Å². The number of ether oxygens (including phenoxy) is 2. The zero-order valence-electron chi connectivity index (χ0n) is 7.81. The molecule has 0 aromatic heterocycles. The van der Waals surface area contributed by atoms with Crippen molar-refractivity contribution in [2.45, 2.75) is 13.2 Å². The zero-order chi connectivity index (χ0) is 11.2. The summed E-state index contributed by atoms with van der Waals surface area (Å²) in [6.07, 6.45) is -3.57. The Kier molecular flexibility index (Phi) is 2.22. The fourth-order valence-electron chi connectivity index (χ4n) is 1.30. The van der Waals surface area contributed by atoms with E-state index >= 15 is 0 Å². The highest BCUT2D eigenvalue weighted by atomic mass is 79.9. The molecule has 0 fully saturated rings. The minimum absolute atomic E-state index is 0.0249. The van der Waals surface area contributed by atoms with Gasteiger partial charge in [-0.15, -0.1) is 8.78 Å². The Morgan fingerprint density at radius 3 is 2.40 bits per heavy atom. The first-order chi connectivity index (χ1) is 6.89. The van der Waals surface area contributed by atoms with Crippen LogP contribution in [0.1, 0.15) is 12.5 Å². The molecule has 0 saturated heterocycles. The quantitative estimate of drug-likeness (QED) is 0.777. The van der Waals surface area contributed by atoms with Crippen LogP contribution in [0.2, 0.25) is 0 Å². The standard InChI is InChI=1S/C10H7BrF2O2/c1-5(2)6-3-8-9(4-7(6)11)15-10(12,13)14-8/h3-4H,1H2,2H3. The smallest absolute Gasteiger partial charge is 0.395 e. The van der Waals surface area contributed by atoms with Crippen LogP contribution in [-0.2, 0) is 0 Å². The van der Waals surface area contributed by atoms with Gasteiger partial charge in [0.15, 0.2) is 11.5 Å². The molecule has 1 aromatic rings. The van der Waals surface area contributed by atoms with Crippen LogP contribution >= 0.6 is 15.9 Å². The van der Waals surface area contributed by atoms with Gasteiger partial charge in [0.1, 0.15) is 0 Å². The summed E-state index contributed by atoms with van der Waals surface area (Å²) in [5.74, 6) is 0.0538. The number of hydrogen-bond acceptors (Lipinski definition) is 2. The summed E-state index contributed by atoms with van der Waals surface area (Å²) in [6, 6.07) is 2.92. The summed E-state index contributed by atoms with van der Waals surface area (Å²) < 4.78 is 34.7. The van der Waals surface area contributed by atoms with Crippen LogP contribution in [-0.4, -0.2) is 6.29 Å². The van der Waals surface area contributed by atoms with E-state index in [2.05, 4.69) is 32.0 Å². The molecule has 2 nitrogen and oxygen atoms in total. The first-order valence-corrected chi connectivity index (χ1v) is 4.93. The molecule has 80 valence electrons. The third-order valence-electron chi connectivity index (χ3n) is 1.95. The van der Waals surface area contributed by atoms with Crippen LogP contribution in [0, 0.1) is 0 Å². The Morgan fingerprint density at radius 1 is 1.33 bits per heavy atom. The molecule has 0 spiro atoms. The Labute approximate surface area is 93.6 Å². The average Bonchev–Trinajstić information content (AvgIpc) is 2.36. The van der Waals surface area contributed by atoms with E-state index in [1.165, 1.54) is 12.1 Å². The molecule has 0 aliphatic carbocycles. The second-order valence-electron chi connectivity index (χ2n) is 3.23. The number of allylic oxidation sites excluding steroid dienone is 1. The van der Waals surface area contributed by atoms with Crippen LogP contribution in [0.15, 0.2) is 23.2 Å². The Hall–Kier alpha value is -1.10. The Balaban J connectivity index is 2.50. The molecule has 0 saturated carbocycles. The van der Waals surface area contributed by atoms with Gasteiger partial charge in [0.25, 0.3) is 0 Å². The van der Waals surface area contributed by atoms with Gasteiger partial charge in [-0.2, -0.15) is 0 Å². The van der Waals surface area contributed by atoms with E-state index in [1.807, 2.05) is 0 Å². The molecule has 0 amide bonds. The molecule has 0 radical (unpaired) electrons. The van der Waals surface area contributed by atoms with E-state index in [9.17, 15) is 8.78 Å². The maximum absolute atomic E-state index is 12.7. The van der Waals surface area contributed by atoms with Crippen molar-refractivity contribution in [2.75, 3.05) is 0 Å². The number of rotatable bonds is 1. The summed E-state index contributed by atoms with van der Waals surface area (Å²) in [4.78, 5) is 0. The predicted molar refractivity (Wildman–Crippen MR) is 55.1 cm³/mol. The van der Waals surface area contributed by atoms with Gasteiger partial charge in [0.05, 0.1) is 0 Å². The first-order valence-electron chi connectivity index (χ1n) is 4.14. The molecule has 0 bridgehead atoms. The van der Waals surface area contributed by atoms with E-state index in [0.29, 0.717) is 4.47 Å². The monoisotopic (exact) mass is 276 g/mol. The maximum atomic E-state index is 12.7. The third kappa shape index (κ3) is 1.84. The van der Waals surface area contributed by atoms with Crippen LogP contribution in [0.5, 0.6) is 11.5 Å². The normalized spacial score (nSPS) is 16.5. The van der Waals surface area contributed by atoms with Gasteiger partial charge in [-0.3, -0.25) is 0 Å². The van der Waals surface area contributed by atoms with Gasteiger partial charge >= 0.3 is 6.29 Å². The Bertz CT molecular complexity index is 443. The summed E-state index contributed by atoms with van der Waals surface area (Å²) in [5.41, 5.74) is 1.47. The van der Waals surface area contributed by atoms with E-state index in [-0.39, 0.29) is 11.5 Å². The van der Waals surface area contributed by atoms with Gasteiger partial charge in [0, 0.05) is 4.47 Å². The summed E-state index contributed by atoms with van der Waals surface area (Å²) in [6.45, 7) is 5.51. The van der Waals surface area contributed by atoms with E-state index in [1.54, 1.807) is 6.92 Å². The van der Waals surface area contributed by atoms with Gasteiger partial charge < -0.3 is 9.47 Å². The van der Waals surface area contributed by atoms with Crippen molar-refractivity contribution in [3.8, 4) is 11.5 Å². The molecule has 2 rings (SSSR count). The lowest BCUT2D eigenvalue weighted by molar-refractivity contribution is -0.286. The van der Waals surface area contributed by atoms with Gasteiger partial charge in [-0.05, 0) is 30.2 Å². The molecule has 0 atom stereocenters. The average molecular weight is 277 g/mol. The molecule has 0 unspecified atom stereocenters. The largest absolute Gasteiger partial charge is 0.586 e. The van der Waals surface area contributed by atoms with Crippen LogP contribution in [0.25, 0.3) is 5.57 Å². The topological polar surface area (TPSA) is 18.5 Å². The summed E-state index contributed by atoms with van der Waals surface area (Å²) in [5, 5.41) is 0. The van der Waals surface area contributed by atoms with Crippen molar-refractivity contribution in [1.29, 1.82) is 0 Å². The summed E-state index contributed by atoms with van der Waals surface area (Å²) >= 11 is 3.25. The molecule has 15 heavy (non-hydrogen) atoms. The lowest BCUT2D eigenvalue weighted by atomic mass is 10.1. The summed E-state index contributed by atoms with van der Waals surface area (Å²) in [7, 11) is 0. The van der Waals surface area contributed by atoms with Crippen molar-refractivity contribution >= 4 is 21.5 Å². The minimum Gasteiger partial charge on any atom is -0.395 e. The minimum atomic E-state index is -3.57. The molecular formula is C10H7BrF2O2. The van der Waals surface area contributed by atoms with E-state index in [4.69, 9.17) is 0 Å². The van der Waals surface area contributed by atoms with Gasteiger partial charge in [-0.1, -0.05) is 22.5 Å². The van der Waals surface area contributed by atoms with Gasteiger partial charge in [0.2, 0.25) is 0 Å². The van der Waals surface area contributed by atoms with Gasteiger partial charge in [-0.25, -0.2) is 0 Å². The number of halogens is 3. The lowest BCUT2D eigenvalue weighted by Crippen LogP contribution is -2.25. The highest BCUT2D eigenvalue weighted by Crippen LogP contribution is 2.44. The number of fused-ring (bicyclic) bond motifs is 1. The maximum Gasteiger partial charge on any atom is 0.586 e. The molecule has 1 heterocycles. The Morgan fingerprint density at radius 2 is 1.87 bits per heavy atom. The first kappa shape index (κ1) is 10.4. The van der Waals surface area contributed by atoms with Crippen molar-refractivity contribution < 1.29 is 18.3 Å². The van der Waals surface area contributed by atoms with Crippen LogP contribution < -0.4 is 9.47 Å². The molecule has 5 heteroatoms.